The van der Waals surface area contributed by atoms with Crippen LogP contribution in [0.25, 0.3) is 0 Å². The lowest BCUT2D eigenvalue weighted by molar-refractivity contribution is 0.133. The molecule has 1 N–H and O–H groups in total. The van der Waals surface area contributed by atoms with Crippen LogP contribution in [-0.2, 0) is 16.6 Å². The van der Waals surface area contributed by atoms with Crippen LogP contribution >= 0.6 is 11.6 Å². The average molecular weight is 433 g/mol. The molecule has 156 valence electrons. The molecular formula is C23H29ClN2O2S. The molecule has 1 saturated heterocycles. The molecule has 1 heterocycles. The smallest absolute Gasteiger partial charge is 0.243 e. The third-order valence-corrected chi connectivity index (χ3v) is 8.40. The van der Waals surface area contributed by atoms with E-state index in [4.69, 9.17) is 11.6 Å². The van der Waals surface area contributed by atoms with Gasteiger partial charge < -0.3 is 5.32 Å². The summed E-state index contributed by atoms with van der Waals surface area (Å²) in [4.78, 5) is 0.390. The highest BCUT2D eigenvalue weighted by Crippen LogP contribution is 2.53. The summed E-state index contributed by atoms with van der Waals surface area (Å²) < 4.78 is 28.5. The van der Waals surface area contributed by atoms with Gasteiger partial charge in [-0.3, -0.25) is 0 Å². The minimum absolute atomic E-state index is 0.0852. The number of benzene rings is 2. The zero-order valence-electron chi connectivity index (χ0n) is 17.3. The first kappa shape index (κ1) is 20.7. The molecule has 2 bridgehead atoms. The first-order chi connectivity index (χ1) is 13.6. The standard InChI is InChI=1S/C23H29ClN2O2S/c1-22(2)12-20-13-23(3,15-22)16-26(20)29(27,28)21-10-4-17(5-11-21)14-25-19-8-6-18(24)7-9-19/h4-11,20,25H,12-16H2,1-3H3. The summed E-state index contributed by atoms with van der Waals surface area (Å²) in [7, 11) is -3.47. The van der Waals surface area contributed by atoms with Crippen LogP contribution in [0.2, 0.25) is 5.02 Å². The molecule has 2 fully saturated rings. The first-order valence-corrected chi connectivity index (χ1v) is 12.0. The maximum atomic E-state index is 13.4. The van der Waals surface area contributed by atoms with Gasteiger partial charge in [0.15, 0.2) is 0 Å². The number of anilines is 1. The highest BCUT2D eigenvalue weighted by atomic mass is 35.5. The Morgan fingerprint density at radius 2 is 1.69 bits per heavy atom. The molecule has 0 spiro atoms. The van der Waals surface area contributed by atoms with Crippen molar-refractivity contribution >= 4 is 27.3 Å². The third kappa shape index (κ3) is 4.32. The van der Waals surface area contributed by atoms with E-state index in [1.165, 1.54) is 0 Å². The predicted molar refractivity (Wildman–Crippen MR) is 119 cm³/mol. The molecule has 6 heteroatoms. The van der Waals surface area contributed by atoms with Crippen molar-refractivity contribution in [3.05, 3.63) is 59.1 Å². The van der Waals surface area contributed by atoms with Gasteiger partial charge in [0.2, 0.25) is 10.0 Å². The Bertz CT molecular complexity index is 987. The van der Waals surface area contributed by atoms with Crippen LogP contribution in [-0.4, -0.2) is 25.3 Å². The third-order valence-electron chi connectivity index (χ3n) is 6.24. The lowest BCUT2D eigenvalue weighted by Gasteiger charge is -2.39. The molecule has 1 saturated carbocycles. The van der Waals surface area contributed by atoms with Crippen molar-refractivity contribution in [2.45, 2.75) is 57.5 Å². The second kappa shape index (κ2) is 7.29. The fourth-order valence-corrected chi connectivity index (χ4v) is 7.28. The normalized spacial score (nSPS) is 26.4. The van der Waals surface area contributed by atoms with E-state index in [9.17, 15) is 8.42 Å². The Balaban J connectivity index is 1.47. The van der Waals surface area contributed by atoms with Gasteiger partial charge in [0.05, 0.1) is 4.90 Å². The molecule has 4 nitrogen and oxygen atoms in total. The van der Waals surface area contributed by atoms with Gasteiger partial charge in [-0.05, 0) is 72.1 Å². The number of hydrogen-bond acceptors (Lipinski definition) is 3. The summed E-state index contributed by atoms with van der Waals surface area (Å²) in [6, 6.07) is 14.9. The Hall–Kier alpha value is -1.56. The molecule has 1 aliphatic carbocycles. The minimum Gasteiger partial charge on any atom is -0.381 e. The largest absolute Gasteiger partial charge is 0.381 e. The average Bonchev–Trinajstić information content (AvgIpc) is 2.91. The topological polar surface area (TPSA) is 49.4 Å². The summed E-state index contributed by atoms with van der Waals surface area (Å²) in [5, 5.41) is 4.03. The monoisotopic (exact) mass is 432 g/mol. The van der Waals surface area contributed by atoms with Crippen molar-refractivity contribution in [1.82, 2.24) is 4.31 Å². The number of rotatable bonds is 5. The van der Waals surface area contributed by atoms with E-state index in [0.29, 0.717) is 23.0 Å². The van der Waals surface area contributed by atoms with Gasteiger partial charge in [-0.25, -0.2) is 8.42 Å². The van der Waals surface area contributed by atoms with E-state index in [2.05, 4.69) is 26.1 Å². The zero-order valence-corrected chi connectivity index (χ0v) is 18.9. The van der Waals surface area contributed by atoms with E-state index in [0.717, 1.165) is 30.5 Å². The lowest BCUT2D eigenvalue weighted by atomic mass is 9.65. The Kier molecular flexibility index (Phi) is 5.21. The molecule has 2 aliphatic rings. The van der Waals surface area contributed by atoms with Gasteiger partial charge >= 0.3 is 0 Å². The second-order valence-electron chi connectivity index (χ2n) is 9.77. The molecule has 2 unspecified atom stereocenters. The number of sulfonamides is 1. The number of nitrogens with one attached hydrogen (secondary N) is 1. The molecule has 29 heavy (non-hydrogen) atoms. The van der Waals surface area contributed by atoms with Crippen LogP contribution in [0.1, 0.15) is 45.6 Å². The first-order valence-electron chi connectivity index (χ1n) is 10.2. The molecule has 2 atom stereocenters. The van der Waals surface area contributed by atoms with Crippen LogP contribution in [0.15, 0.2) is 53.4 Å². The predicted octanol–water partition coefficient (Wildman–Crippen LogP) is 5.54. The fourth-order valence-electron chi connectivity index (χ4n) is 5.38. The van der Waals surface area contributed by atoms with E-state index >= 15 is 0 Å². The van der Waals surface area contributed by atoms with E-state index in [-0.39, 0.29) is 16.9 Å². The summed E-state index contributed by atoms with van der Waals surface area (Å²) in [6.45, 7) is 8.01. The Morgan fingerprint density at radius 3 is 2.34 bits per heavy atom. The number of nitrogens with zero attached hydrogens (tertiary/aromatic N) is 1. The lowest BCUT2D eigenvalue weighted by Crippen LogP contribution is -2.37. The van der Waals surface area contributed by atoms with Gasteiger partial charge in [0.25, 0.3) is 0 Å². The van der Waals surface area contributed by atoms with Gasteiger partial charge in [-0.15, -0.1) is 0 Å². The van der Waals surface area contributed by atoms with Crippen molar-refractivity contribution in [2.24, 2.45) is 10.8 Å². The molecule has 0 aromatic heterocycles. The van der Waals surface area contributed by atoms with E-state index in [1.807, 2.05) is 36.4 Å². The second-order valence-corrected chi connectivity index (χ2v) is 12.1. The maximum absolute atomic E-state index is 13.4. The Labute approximate surface area is 179 Å². The molecule has 4 rings (SSSR count). The minimum atomic E-state index is -3.47. The highest BCUT2D eigenvalue weighted by molar-refractivity contribution is 7.89. The highest BCUT2D eigenvalue weighted by Gasteiger charge is 2.53. The molecule has 2 aromatic carbocycles. The van der Waals surface area contributed by atoms with E-state index < -0.39 is 10.0 Å². The van der Waals surface area contributed by atoms with Gasteiger partial charge in [-0.1, -0.05) is 44.5 Å². The maximum Gasteiger partial charge on any atom is 0.243 e. The number of halogens is 1. The van der Waals surface area contributed by atoms with Gasteiger partial charge in [-0.2, -0.15) is 4.31 Å². The van der Waals surface area contributed by atoms with Gasteiger partial charge in [0, 0.05) is 29.8 Å². The van der Waals surface area contributed by atoms with Crippen molar-refractivity contribution in [2.75, 3.05) is 11.9 Å². The van der Waals surface area contributed by atoms with Crippen molar-refractivity contribution in [3.8, 4) is 0 Å². The van der Waals surface area contributed by atoms with E-state index in [1.54, 1.807) is 16.4 Å². The summed E-state index contributed by atoms with van der Waals surface area (Å²) in [5.41, 5.74) is 2.29. The summed E-state index contributed by atoms with van der Waals surface area (Å²) >= 11 is 5.91. The zero-order chi connectivity index (χ0) is 20.9. The Morgan fingerprint density at radius 1 is 1.03 bits per heavy atom. The molecular weight excluding hydrogens is 404 g/mol. The SMILES string of the molecule is CC1(C)CC2CC(C)(CN2S(=O)(=O)c2ccc(CNc3ccc(Cl)cc3)cc2)C1. The summed E-state index contributed by atoms with van der Waals surface area (Å²) in [5.74, 6) is 0. The van der Waals surface area contributed by atoms with Crippen molar-refractivity contribution in [3.63, 3.8) is 0 Å². The fraction of sp³-hybridized carbons (Fsp3) is 0.478. The van der Waals surface area contributed by atoms with Crippen LogP contribution in [0, 0.1) is 10.8 Å². The molecule has 1 aliphatic heterocycles. The molecule has 2 aromatic rings. The summed E-state index contributed by atoms with van der Waals surface area (Å²) in [6.07, 6.45) is 2.99. The number of fused-ring (bicyclic) bond motifs is 2. The van der Waals surface area contributed by atoms with Gasteiger partial charge in [0.1, 0.15) is 0 Å². The van der Waals surface area contributed by atoms with Crippen LogP contribution in [0.3, 0.4) is 0 Å². The molecule has 0 radical (unpaired) electrons. The number of hydrogen-bond donors (Lipinski definition) is 1. The van der Waals surface area contributed by atoms with Crippen LogP contribution < -0.4 is 5.32 Å². The molecule has 0 amide bonds. The van der Waals surface area contributed by atoms with Crippen molar-refractivity contribution in [1.29, 1.82) is 0 Å². The van der Waals surface area contributed by atoms with Crippen molar-refractivity contribution < 1.29 is 8.42 Å². The van der Waals surface area contributed by atoms with Crippen LogP contribution in [0.4, 0.5) is 5.69 Å². The quantitative estimate of drug-likeness (QED) is 0.674. The van der Waals surface area contributed by atoms with Crippen LogP contribution in [0.5, 0.6) is 0 Å².